The fourth-order valence-electron chi connectivity index (χ4n) is 1.26. The Morgan fingerprint density at radius 3 is 2.90 bits per heavy atom. The number of amides is 1. The Morgan fingerprint density at radius 2 is 2.25 bits per heavy atom. The van der Waals surface area contributed by atoms with E-state index in [2.05, 4.69) is 20.4 Å². The molecule has 0 radical (unpaired) electrons. The van der Waals surface area contributed by atoms with Gasteiger partial charge in [0.25, 0.3) is 0 Å². The number of nitrogen functional groups attached to an aromatic ring is 1. The molecule has 1 amide bonds. The zero-order valence-corrected chi connectivity index (χ0v) is 11.7. The lowest BCUT2D eigenvalue weighted by Crippen LogP contribution is -2.38. The van der Waals surface area contributed by atoms with Crippen LogP contribution in [0.3, 0.4) is 0 Å². The number of anilines is 1. The van der Waals surface area contributed by atoms with E-state index in [9.17, 15) is 13.2 Å². The smallest absolute Gasteiger partial charge is 0.241 e. The van der Waals surface area contributed by atoms with Gasteiger partial charge >= 0.3 is 0 Å². The minimum atomic E-state index is -3.80. The molecule has 0 spiro atoms. The quantitative estimate of drug-likeness (QED) is 0.258. The monoisotopic (exact) mass is 303 g/mol. The van der Waals surface area contributed by atoms with Crippen LogP contribution in [0, 0.1) is 0 Å². The summed E-state index contributed by atoms with van der Waals surface area (Å²) < 4.78 is 30.8. The second kappa shape index (κ2) is 7.75. The maximum atomic E-state index is 11.9. The first-order valence-corrected chi connectivity index (χ1v) is 7.16. The molecule has 1 aromatic rings. The molecule has 1 rings (SSSR count). The van der Waals surface area contributed by atoms with Gasteiger partial charge in [-0.05, 0) is 6.07 Å². The van der Waals surface area contributed by atoms with Gasteiger partial charge in [0.15, 0.2) is 0 Å². The molecule has 10 heteroatoms. The van der Waals surface area contributed by atoms with Gasteiger partial charge in [0.2, 0.25) is 15.9 Å². The van der Waals surface area contributed by atoms with Crippen LogP contribution in [-0.2, 0) is 19.6 Å². The Balaban J connectivity index is 2.59. The number of hydrazine groups is 1. The highest BCUT2D eigenvalue weighted by atomic mass is 32.2. The standard InChI is InChI=1S/C10H17N5O4S/c1-19-5-4-13-10(16)7-14-20(17,18)8-2-3-12-9(6-8)15-11/h2-3,6,14H,4-5,7,11H2,1H3,(H,12,15)(H,13,16). The minimum absolute atomic E-state index is 0.0369. The van der Waals surface area contributed by atoms with Gasteiger partial charge in [-0.1, -0.05) is 0 Å². The van der Waals surface area contributed by atoms with Crippen molar-refractivity contribution in [1.82, 2.24) is 15.0 Å². The normalized spacial score (nSPS) is 11.1. The number of ether oxygens (including phenoxy) is 1. The molecule has 5 N–H and O–H groups in total. The molecule has 0 bridgehead atoms. The molecule has 0 aromatic carbocycles. The third-order valence-electron chi connectivity index (χ3n) is 2.24. The first kappa shape index (κ1) is 16.3. The average Bonchev–Trinajstić information content (AvgIpc) is 2.45. The first-order chi connectivity index (χ1) is 9.49. The van der Waals surface area contributed by atoms with Crippen LogP contribution >= 0.6 is 0 Å². The van der Waals surface area contributed by atoms with E-state index in [4.69, 9.17) is 10.6 Å². The number of carbonyl (C=O) groups excluding carboxylic acids is 1. The van der Waals surface area contributed by atoms with Crippen LogP contribution in [0.25, 0.3) is 0 Å². The van der Waals surface area contributed by atoms with Crippen LogP contribution in [0.4, 0.5) is 5.82 Å². The summed E-state index contributed by atoms with van der Waals surface area (Å²) in [6, 6.07) is 2.55. The molecule has 0 aliphatic rings. The van der Waals surface area contributed by atoms with Gasteiger partial charge in [0, 0.05) is 25.9 Å². The maximum Gasteiger partial charge on any atom is 0.241 e. The summed E-state index contributed by atoms with van der Waals surface area (Å²) in [5.41, 5.74) is 2.24. The minimum Gasteiger partial charge on any atom is -0.383 e. The molecule has 0 unspecified atom stereocenters. The Hall–Kier alpha value is -1.75. The van der Waals surface area contributed by atoms with E-state index in [1.54, 1.807) is 0 Å². The second-order valence-electron chi connectivity index (χ2n) is 3.69. The molecule has 0 saturated heterocycles. The van der Waals surface area contributed by atoms with Gasteiger partial charge in [0.1, 0.15) is 5.82 Å². The summed E-state index contributed by atoms with van der Waals surface area (Å²) in [5, 5.41) is 2.49. The zero-order chi connectivity index (χ0) is 15.0. The van der Waals surface area contributed by atoms with E-state index in [1.807, 2.05) is 0 Å². The lowest BCUT2D eigenvalue weighted by atomic mass is 10.5. The molecule has 9 nitrogen and oxygen atoms in total. The third-order valence-corrected chi connectivity index (χ3v) is 3.64. The molecule has 0 saturated carbocycles. The summed E-state index contributed by atoms with van der Waals surface area (Å²) in [4.78, 5) is 15.1. The van der Waals surface area contributed by atoms with E-state index in [0.717, 1.165) is 0 Å². The van der Waals surface area contributed by atoms with Crippen molar-refractivity contribution < 1.29 is 17.9 Å². The van der Waals surface area contributed by atoms with Crippen LogP contribution in [0.2, 0.25) is 0 Å². The highest BCUT2D eigenvalue weighted by Crippen LogP contribution is 2.11. The fraction of sp³-hybridized carbons (Fsp3) is 0.400. The highest BCUT2D eigenvalue weighted by Gasteiger charge is 2.16. The Morgan fingerprint density at radius 1 is 1.50 bits per heavy atom. The third kappa shape index (κ3) is 5.09. The van der Waals surface area contributed by atoms with E-state index in [0.29, 0.717) is 13.2 Å². The van der Waals surface area contributed by atoms with Crippen molar-refractivity contribution in [3.63, 3.8) is 0 Å². The van der Waals surface area contributed by atoms with Crippen molar-refractivity contribution in [3.05, 3.63) is 18.3 Å². The van der Waals surface area contributed by atoms with Crippen molar-refractivity contribution in [1.29, 1.82) is 0 Å². The Bertz CT molecular complexity index is 548. The second-order valence-corrected chi connectivity index (χ2v) is 5.46. The van der Waals surface area contributed by atoms with Crippen molar-refractivity contribution in [3.8, 4) is 0 Å². The first-order valence-electron chi connectivity index (χ1n) is 5.67. The van der Waals surface area contributed by atoms with Crippen molar-refractivity contribution in [2.45, 2.75) is 4.90 Å². The molecule has 1 aromatic heterocycles. The number of methoxy groups -OCH3 is 1. The van der Waals surface area contributed by atoms with Gasteiger partial charge < -0.3 is 15.5 Å². The predicted molar refractivity (Wildman–Crippen MR) is 72.1 cm³/mol. The van der Waals surface area contributed by atoms with Crippen molar-refractivity contribution >= 4 is 21.7 Å². The van der Waals surface area contributed by atoms with Crippen molar-refractivity contribution in [2.75, 3.05) is 32.2 Å². The molecule has 1 heterocycles. The fourth-order valence-corrected chi connectivity index (χ4v) is 2.25. The molecule has 0 fully saturated rings. The number of nitrogens with zero attached hydrogens (tertiary/aromatic N) is 1. The van der Waals surface area contributed by atoms with Gasteiger partial charge in [-0.3, -0.25) is 4.79 Å². The lowest BCUT2D eigenvalue weighted by molar-refractivity contribution is -0.120. The van der Waals surface area contributed by atoms with Gasteiger partial charge in [-0.25, -0.2) is 24.0 Å². The van der Waals surface area contributed by atoms with Gasteiger partial charge in [-0.2, -0.15) is 0 Å². The molecule has 0 atom stereocenters. The number of sulfonamides is 1. The van der Waals surface area contributed by atoms with Crippen LogP contribution < -0.4 is 21.3 Å². The lowest BCUT2D eigenvalue weighted by Gasteiger charge is -2.08. The summed E-state index contributed by atoms with van der Waals surface area (Å²) in [6.45, 7) is 0.307. The molecular formula is C10H17N5O4S. The molecule has 112 valence electrons. The SMILES string of the molecule is COCCNC(=O)CNS(=O)(=O)c1ccnc(NN)c1. The Kier molecular flexibility index (Phi) is 6.31. The largest absolute Gasteiger partial charge is 0.383 e. The summed E-state index contributed by atoms with van der Waals surface area (Å²) >= 11 is 0. The number of pyridine rings is 1. The van der Waals surface area contributed by atoms with Crippen LogP contribution in [0.1, 0.15) is 0 Å². The molecule has 0 aliphatic carbocycles. The number of nitrogens with two attached hydrogens (primary N) is 1. The average molecular weight is 303 g/mol. The van der Waals surface area contributed by atoms with E-state index < -0.39 is 15.9 Å². The van der Waals surface area contributed by atoms with Crippen molar-refractivity contribution in [2.24, 2.45) is 5.84 Å². The number of hydrogen-bond donors (Lipinski definition) is 4. The Labute approximate surface area is 116 Å². The highest BCUT2D eigenvalue weighted by molar-refractivity contribution is 7.89. The topological polar surface area (TPSA) is 135 Å². The predicted octanol–water partition coefficient (Wildman–Crippen LogP) is -1.59. The molecular weight excluding hydrogens is 286 g/mol. The number of nitrogens with one attached hydrogen (secondary N) is 3. The van der Waals surface area contributed by atoms with Crippen LogP contribution in [0.5, 0.6) is 0 Å². The number of carbonyl (C=O) groups is 1. The molecule has 20 heavy (non-hydrogen) atoms. The maximum absolute atomic E-state index is 11.9. The summed E-state index contributed by atoms with van der Waals surface area (Å²) in [6.07, 6.45) is 1.29. The van der Waals surface area contributed by atoms with E-state index in [-0.39, 0.29) is 17.3 Å². The zero-order valence-electron chi connectivity index (χ0n) is 10.9. The summed E-state index contributed by atoms with van der Waals surface area (Å²) in [5.74, 6) is 4.91. The summed E-state index contributed by atoms with van der Waals surface area (Å²) in [7, 11) is -2.29. The van der Waals surface area contributed by atoms with E-state index in [1.165, 1.54) is 25.4 Å². The van der Waals surface area contributed by atoms with Gasteiger partial charge in [0.05, 0.1) is 18.0 Å². The number of hydrogen-bond acceptors (Lipinski definition) is 7. The molecule has 0 aliphatic heterocycles. The van der Waals surface area contributed by atoms with Crippen LogP contribution in [0.15, 0.2) is 23.2 Å². The van der Waals surface area contributed by atoms with E-state index >= 15 is 0 Å². The number of rotatable bonds is 8. The number of aromatic nitrogens is 1. The van der Waals surface area contributed by atoms with Crippen LogP contribution in [-0.4, -0.2) is 46.1 Å². The van der Waals surface area contributed by atoms with Gasteiger partial charge in [-0.15, -0.1) is 0 Å².